The van der Waals surface area contributed by atoms with Crippen LogP contribution in [0.4, 0.5) is 46.5 Å². The first-order valence-electron chi connectivity index (χ1n) is 5.54. The van der Waals surface area contributed by atoms with E-state index in [1.54, 1.807) is 0 Å². The van der Waals surface area contributed by atoms with Crippen LogP contribution in [0.2, 0.25) is 0 Å². The molecule has 0 N–H and O–H groups in total. The van der Waals surface area contributed by atoms with E-state index in [4.69, 9.17) is 0 Å². The van der Waals surface area contributed by atoms with Crippen molar-refractivity contribution in [2.75, 3.05) is 0 Å². The molecule has 0 aliphatic carbocycles. The van der Waals surface area contributed by atoms with Crippen LogP contribution in [0.25, 0.3) is 0 Å². The van der Waals surface area contributed by atoms with Gasteiger partial charge >= 0.3 is 0 Å². The molecule has 0 amide bonds. The molecule has 2 nitrogen and oxygen atoms in total. The van der Waals surface area contributed by atoms with E-state index in [-0.39, 0.29) is 0 Å². The summed E-state index contributed by atoms with van der Waals surface area (Å²) >= 11 is 1.95. The summed E-state index contributed by atoms with van der Waals surface area (Å²) in [6, 6.07) is 0. The normalized spacial score (nSPS) is 11.6. The van der Waals surface area contributed by atoms with Gasteiger partial charge in [-0.25, -0.2) is 35.1 Å². The molecule has 0 spiro atoms. The first-order valence-corrected chi connectivity index (χ1v) is 7.69. The summed E-state index contributed by atoms with van der Waals surface area (Å²) < 4.78 is 106. The Morgan fingerprint density at radius 3 is 0.833 bits per heavy atom. The molecule has 0 saturated carbocycles. The minimum atomic E-state index is -1.99. The highest BCUT2D eigenvalue weighted by atomic mass is 127. The van der Waals surface area contributed by atoms with Crippen LogP contribution in [0.15, 0.2) is 10.2 Å². The zero-order valence-corrected chi connectivity index (χ0v) is 15.0. The minimum Gasteiger partial charge on any atom is -0.202 e. The molecule has 0 fully saturated rings. The van der Waals surface area contributed by atoms with Crippen LogP contribution >= 0.6 is 45.2 Å². The van der Waals surface area contributed by atoms with E-state index in [0.29, 0.717) is 0 Å². The van der Waals surface area contributed by atoms with Gasteiger partial charge in [0.25, 0.3) is 0 Å². The lowest BCUT2D eigenvalue weighted by Gasteiger charge is -2.06. The summed E-state index contributed by atoms with van der Waals surface area (Å²) in [6.07, 6.45) is 0. The Kier molecular flexibility index (Phi) is 5.66. The van der Waals surface area contributed by atoms with Gasteiger partial charge in [0, 0.05) is 0 Å². The minimum absolute atomic E-state index is 0.977. The van der Waals surface area contributed by atoms with Crippen LogP contribution < -0.4 is 0 Å². The summed E-state index contributed by atoms with van der Waals surface area (Å²) in [5.74, 6) is -15.2. The van der Waals surface area contributed by atoms with Crippen molar-refractivity contribution in [1.82, 2.24) is 0 Å². The summed E-state index contributed by atoms with van der Waals surface area (Å²) in [6.45, 7) is 0. The third-order valence-corrected chi connectivity index (χ3v) is 4.52. The highest BCUT2D eigenvalue weighted by Crippen LogP contribution is 2.35. The number of halogens is 10. The first-order chi connectivity index (χ1) is 11.1. The molecule has 24 heavy (non-hydrogen) atoms. The van der Waals surface area contributed by atoms with Gasteiger partial charge in [-0.2, -0.15) is 0 Å². The number of benzene rings is 2. The largest absolute Gasteiger partial charge is 0.202 e. The number of rotatable bonds is 2. The van der Waals surface area contributed by atoms with Crippen LogP contribution in [0.3, 0.4) is 0 Å². The highest BCUT2D eigenvalue weighted by molar-refractivity contribution is 14.1. The lowest BCUT2D eigenvalue weighted by Crippen LogP contribution is -2.00. The van der Waals surface area contributed by atoms with Gasteiger partial charge in [-0.3, -0.25) is 0 Å². The first kappa shape index (κ1) is 19.3. The van der Waals surface area contributed by atoms with Crippen molar-refractivity contribution in [3.63, 3.8) is 0 Å². The third-order valence-electron chi connectivity index (χ3n) is 2.62. The van der Waals surface area contributed by atoms with Gasteiger partial charge in [0.05, 0.1) is 7.14 Å². The monoisotopic (exact) mass is 578 g/mol. The van der Waals surface area contributed by atoms with Crippen LogP contribution in [0, 0.1) is 53.7 Å². The molecule has 0 bridgehead atoms. The molecule has 2 aromatic carbocycles. The Hall–Kier alpha value is -1.06. The van der Waals surface area contributed by atoms with E-state index in [1.165, 1.54) is 0 Å². The second kappa shape index (κ2) is 7.05. The van der Waals surface area contributed by atoms with Gasteiger partial charge in [-0.05, 0) is 45.2 Å². The lowest BCUT2D eigenvalue weighted by atomic mass is 10.2. The maximum absolute atomic E-state index is 13.6. The third kappa shape index (κ3) is 3.09. The molecule has 0 aromatic heterocycles. The lowest BCUT2D eigenvalue weighted by molar-refractivity contribution is 0.444. The fraction of sp³-hybridized carbons (Fsp3) is 0. The van der Waals surface area contributed by atoms with Gasteiger partial charge < -0.3 is 0 Å². The number of hydrogen-bond donors (Lipinski definition) is 0. The van der Waals surface area contributed by atoms with E-state index in [9.17, 15) is 35.1 Å². The summed E-state index contributed by atoms with van der Waals surface area (Å²) in [5.41, 5.74) is -3.30. The van der Waals surface area contributed by atoms with Gasteiger partial charge in [0.2, 0.25) is 0 Å². The van der Waals surface area contributed by atoms with Crippen molar-refractivity contribution in [2.24, 2.45) is 10.2 Å². The van der Waals surface area contributed by atoms with Crippen molar-refractivity contribution in [2.45, 2.75) is 0 Å². The van der Waals surface area contributed by atoms with Crippen LogP contribution in [-0.2, 0) is 0 Å². The predicted octanol–water partition coefficient (Wildman–Crippen LogP) is 6.42. The maximum atomic E-state index is 13.6. The molecular formula is C12F8I2N2. The highest BCUT2D eigenvalue weighted by Gasteiger charge is 2.26. The number of hydrogen-bond acceptors (Lipinski definition) is 2. The van der Waals surface area contributed by atoms with Gasteiger partial charge in [-0.15, -0.1) is 10.2 Å². The predicted molar refractivity (Wildman–Crippen MR) is 82.2 cm³/mol. The fourth-order valence-electron chi connectivity index (χ4n) is 1.46. The summed E-state index contributed by atoms with van der Waals surface area (Å²) in [5, 5.41) is 5.30. The molecule has 0 radical (unpaired) electrons. The van der Waals surface area contributed by atoms with E-state index >= 15 is 0 Å². The van der Waals surface area contributed by atoms with Crippen molar-refractivity contribution < 1.29 is 35.1 Å². The average Bonchev–Trinajstić information content (AvgIpc) is 2.57. The molecule has 12 heteroatoms. The average molecular weight is 578 g/mol. The van der Waals surface area contributed by atoms with Gasteiger partial charge in [0.1, 0.15) is 0 Å². The van der Waals surface area contributed by atoms with Crippen LogP contribution in [0.5, 0.6) is 0 Å². The van der Waals surface area contributed by atoms with E-state index < -0.39 is 65.1 Å². The topological polar surface area (TPSA) is 24.7 Å². The Bertz CT molecular complexity index is 755. The molecular weight excluding hydrogens is 578 g/mol. The van der Waals surface area contributed by atoms with Crippen molar-refractivity contribution >= 4 is 56.6 Å². The van der Waals surface area contributed by atoms with Crippen LogP contribution in [-0.4, -0.2) is 0 Å². The molecule has 0 aliphatic heterocycles. The van der Waals surface area contributed by atoms with E-state index in [2.05, 4.69) is 10.2 Å². The second-order valence-corrected chi connectivity index (χ2v) is 6.19. The number of nitrogens with zero attached hydrogens (tertiary/aromatic N) is 2. The van der Waals surface area contributed by atoms with Crippen molar-refractivity contribution in [3.05, 3.63) is 53.7 Å². The Morgan fingerprint density at radius 2 is 0.625 bits per heavy atom. The van der Waals surface area contributed by atoms with E-state index in [1.807, 2.05) is 0 Å². The zero-order chi connectivity index (χ0) is 18.3. The summed E-state index contributed by atoms with van der Waals surface area (Å²) in [4.78, 5) is 0. The molecule has 0 saturated heterocycles. The number of azo groups is 1. The SMILES string of the molecule is Fc1c(F)c(N=Nc2c(F)c(F)c(I)c(F)c2F)c(F)c(F)c1I. The molecule has 0 heterocycles. The molecule has 0 atom stereocenters. The molecule has 2 rings (SSSR count). The molecule has 0 aliphatic rings. The Labute approximate surface area is 155 Å². The Morgan fingerprint density at radius 1 is 0.417 bits per heavy atom. The van der Waals surface area contributed by atoms with Crippen LogP contribution in [0.1, 0.15) is 0 Å². The zero-order valence-electron chi connectivity index (χ0n) is 10.7. The van der Waals surface area contributed by atoms with Crippen molar-refractivity contribution in [3.8, 4) is 0 Å². The quantitative estimate of drug-likeness (QED) is 0.129. The molecule has 2 aromatic rings. The van der Waals surface area contributed by atoms with Gasteiger partial charge in [-0.1, -0.05) is 0 Å². The maximum Gasteiger partial charge on any atom is 0.190 e. The van der Waals surface area contributed by atoms with E-state index in [0.717, 1.165) is 45.2 Å². The Balaban J connectivity index is 2.67. The second-order valence-electron chi connectivity index (χ2n) is 4.04. The van der Waals surface area contributed by atoms with Crippen molar-refractivity contribution in [1.29, 1.82) is 0 Å². The summed E-state index contributed by atoms with van der Waals surface area (Å²) in [7, 11) is 0. The van der Waals surface area contributed by atoms with Gasteiger partial charge in [0.15, 0.2) is 57.9 Å². The fourth-order valence-corrected chi connectivity index (χ4v) is 2.41. The smallest absolute Gasteiger partial charge is 0.190 e. The molecule has 128 valence electrons. The standard InChI is InChI=1S/C12F8I2N2/c13-1-5(17)11(6(18)2(14)9(1)21)23-24-12-7(19)3(15)10(22)4(16)8(12)20. The molecule has 0 unspecified atom stereocenters.